The van der Waals surface area contributed by atoms with Gasteiger partial charge in [-0.2, -0.15) is 0 Å². The number of carboxylic acid groups (broad SMARTS) is 1. The molecule has 0 aromatic heterocycles. The van der Waals surface area contributed by atoms with Crippen LogP contribution in [0.5, 0.6) is 0 Å². The number of carbonyl (C=O) groups is 1. The zero-order chi connectivity index (χ0) is 14.2. The molecule has 1 saturated heterocycles. The molecule has 1 fully saturated rings. The van der Waals surface area contributed by atoms with Gasteiger partial charge in [-0.05, 0) is 39.1 Å². The van der Waals surface area contributed by atoms with E-state index in [1.165, 1.54) is 0 Å². The fourth-order valence-corrected chi connectivity index (χ4v) is 2.56. The maximum Gasteiger partial charge on any atom is 0.337 e. The molecule has 5 heteroatoms. The fourth-order valence-electron chi connectivity index (χ4n) is 2.39. The number of rotatable bonds is 2. The third-order valence-corrected chi connectivity index (χ3v) is 4.08. The number of likely N-dealkylation sites (N-methyl/N-ethyl adjacent to an activating group) is 1. The van der Waals surface area contributed by atoms with Crippen LogP contribution >= 0.6 is 11.6 Å². The van der Waals surface area contributed by atoms with Gasteiger partial charge >= 0.3 is 5.97 Å². The van der Waals surface area contributed by atoms with E-state index in [0.29, 0.717) is 16.3 Å². The molecule has 0 atom stereocenters. The molecule has 0 bridgehead atoms. The number of anilines is 1. The average Bonchev–Trinajstić information content (AvgIpc) is 2.32. The molecule has 1 heterocycles. The minimum Gasteiger partial charge on any atom is -0.478 e. The standard InChI is InChI=1S/C14H19ClN2O2/c1-14(2)9-17(7-6-16(14)3)12-8-10(15)4-5-11(12)13(18)19/h4-5,8H,6-7,9H2,1-3H3,(H,18,19). The minimum absolute atomic E-state index is 0.0103. The third-order valence-electron chi connectivity index (χ3n) is 3.85. The lowest BCUT2D eigenvalue weighted by Gasteiger charge is -2.46. The van der Waals surface area contributed by atoms with E-state index in [9.17, 15) is 9.90 Å². The Labute approximate surface area is 118 Å². The van der Waals surface area contributed by atoms with E-state index in [1.54, 1.807) is 18.2 Å². The van der Waals surface area contributed by atoms with Gasteiger partial charge in [0.2, 0.25) is 0 Å². The number of nitrogens with zero attached hydrogens (tertiary/aromatic N) is 2. The molecule has 0 aliphatic carbocycles. The lowest BCUT2D eigenvalue weighted by atomic mass is 9.98. The largest absolute Gasteiger partial charge is 0.478 e. The van der Waals surface area contributed by atoms with Crippen LogP contribution in [0.15, 0.2) is 18.2 Å². The summed E-state index contributed by atoms with van der Waals surface area (Å²) in [4.78, 5) is 15.7. The van der Waals surface area contributed by atoms with E-state index in [4.69, 9.17) is 11.6 Å². The van der Waals surface area contributed by atoms with Gasteiger partial charge in [0.25, 0.3) is 0 Å². The first-order chi connectivity index (χ1) is 8.81. The second kappa shape index (κ2) is 5.02. The second-order valence-corrected chi connectivity index (χ2v) is 6.06. The summed E-state index contributed by atoms with van der Waals surface area (Å²) < 4.78 is 0. The molecule has 2 rings (SSSR count). The van der Waals surface area contributed by atoms with Crippen molar-refractivity contribution in [2.75, 3.05) is 31.6 Å². The number of hydrogen-bond donors (Lipinski definition) is 1. The molecule has 0 spiro atoms. The molecule has 1 aromatic carbocycles. The monoisotopic (exact) mass is 282 g/mol. The summed E-state index contributed by atoms with van der Waals surface area (Å²) in [6.07, 6.45) is 0. The van der Waals surface area contributed by atoms with E-state index in [0.717, 1.165) is 19.6 Å². The van der Waals surface area contributed by atoms with Crippen LogP contribution in [-0.4, -0.2) is 48.2 Å². The summed E-state index contributed by atoms with van der Waals surface area (Å²) in [7, 11) is 2.09. The average molecular weight is 283 g/mol. The summed E-state index contributed by atoms with van der Waals surface area (Å²) in [6, 6.07) is 4.94. The molecule has 0 saturated carbocycles. The van der Waals surface area contributed by atoms with Crippen molar-refractivity contribution in [3.63, 3.8) is 0 Å². The van der Waals surface area contributed by atoms with Crippen molar-refractivity contribution in [2.24, 2.45) is 0 Å². The van der Waals surface area contributed by atoms with Crippen molar-refractivity contribution in [2.45, 2.75) is 19.4 Å². The van der Waals surface area contributed by atoms with Crippen molar-refractivity contribution in [3.05, 3.63) is 28.8 Å². The number of benzene rings is 1. The first-order valence-corrected chi connectivity index (χ1v) is 6.68. The SMILES string of the molecule is CN1CCN(c2cc(Cl)ccc2C(=O)O)CC1(C)C. The Morgan fingerprint density at radius 1 is 1.37 bits per heavy atom. The molecule has 1 N–H and O–H groups in total. The highest BCUT2D eigenvalue weighted by molar-refractivity contribution is 6.31. The van der Waals surface area contributed by atoms with Crippen molar-refractivity contribution in [1.29, 1.82) is 0 Å². The van der Waals surface area contributed by atoms with Crippen molar-refractivity contribution in [3.8, 4) is 0 Å². The summed E-state index contributed by atoms with van der Waals surface area (Å²) in [5, 5.41) is 9.86. The fraction of sp³-hybridized carbons (Fsp3) is 0.500. The molecule has 1 aromatic rings. The van der Waals surface area contributed by atoms with Crippen LogP contribution < -0.4 is 4.90 Å². The number of halogens is 1. The number of carboxylic acids is 1. The molecule has 19 heavy (non-hydrogen) atoms. The Morgan fingerprint density at radius 2 is 2.05 bits per heavy atom. The summed E-state index contributed by atoms with van der Waals surface area (Å²) in [5.41, 5.74) is 1.03. The van der Waals surface area contributed by atoms with E-state index >= 15 is 0 Å². The molecule has 0 radical (unpaired) electrons. The molecule has 0 amide bonds. The smallest absolute Gasteiger partial charge is 0.337 e. The lowest BCUT2D eigenvalue weighted by molar-refractivity contribution is 0.0696. The highest BCUT2D eigenvalue weighted by Gasteiger charge is 2.32. The van der Waals surface area contributed by atoms with Crippen molar-refractivity contribution in [1.82, 2.24) is 4.90 Å². The first kappa shape index (κ1) is 14.2. The predicted octanol–water partition coefficient (Wildman–Crippen LogP) is 2.57. The zero-order valence-electron chi connectivity index (χ0n) is 11.5. The third kappa shape index (κ3) is 2.85. The Morgan fingerprint density at radius 3 is 2.63 bits per heavy atom. The van der Waals surface area contributed by atoms with Crippen LogP contribution in [0.25, 0.3) is 0 Å². The summed E-state index contributed by atoms with van der Waals surface area (Å²) in [6.45, 7) is 6.80. The van der Waals surface area contributed by atoms with Gasteiger partial charge in [-0.1, -0.05) is 11.6 Å². The number of hydrogen-bond acceptors (Lipinski definition) is 3. The highest BCUT2D eigenvalue weighted by atomic mass is 35.5. The van der Waals surface area contributed by atoms with Gasteiger partial charge in [-0.25, -0.2) is 4.79 Å². The summed E-state index contributed by atoms with van der Waals surface area (Å²) in [5.74, 6) is -0.914. The van der Waals surface area contributed by atoms with Gasteiger partial charge in [0.15, 0.2) is 0 Å². The number of piperazine rings is 1. The van der Waals surface area contributed by atoms with Gasteiger partial charge in [-0.15, -0.1) is 0 Å². The van der Waals surface area contributed by atoms with Gasteiger partial charge < -0.3 is 10.0 Å². The maximum atomic E-state index is 11.3. The topological polar surface area (TPSA) is 43.8 Å². The van der Waals surface area contributed by atoms with E-state index in [1.807, 2.05) is 0 Å². The van der Waals surface area contributed by atoms with Gasteiger partial charge in [-0.3, -0.25) is 4.90 Å². The van der Waals surface area contributed by atoms with Gasteiger partial charge in [0.1, 0.15) is 0 Å². The van der Waals surface area contributed by atoms with Crippen molar-refractivity contribution < 1.29 is 9.90 Å². The van der Waals surface area contributed by atoms with E-state index in [-0.39, 0.29) is 5.54 Å². The maximum absolute atomic E-state index is 11.3. The van der Waals surface area contributed by atoms with Gasteiger partial charge in [0, 0.05) is 30.2 Å². The molecule has 1 aliphatic rings. The van der Waals surface area contributed by atoms with E-state index in [2.05, 4.69) is 30.7 Å². The molecule has 104 valence electrons. The van der Waals surface area contributed by atoms with Crippen LogP contribution in [0, 0.1) is 0 Å². The minimum atomic E-state index is -0.914. The summed E-state index contributed by atoms with van der Waals surface area (Å²) >= 11 is 6.01. The molecular weight excluding hydrogens is 264 g/mol. The Hall–Kier alpha value is -1.26. The van der Waals surface area contributed by atoms with E-state index < -0.39 is 5.97 Å². The van der Waals surface area contributed by atoms with Crippen LogP contribution in [0.4, 0.5) is 5.69 Å². The van der Waals surface area contributed by atoms with Crippen LogP contribution in [-0.2, 0) is 0 Å². The number of aromatic carboxylic acids is 1. The lowest BCUT2D eigenvalue weighted by Crippen LogP contribution is -2.58. The van der Waals surface area contributed by atoms with Crippen LogP contribution in [0.1, 0.15) is 24.2 Å². The molecule has 1 aliphatic heterocycles. The zero-order valence-corrected chi connectivity index (χ0v) is 12.2. The van der Waals surface area contributed by atoms with Crippen molar-refractivity contribution >= 4 is 23.3 Å². The molecular formula is C14H19ClN2O2. The Bertz CT molecular complexity index is 502. The quantitative estimate of drug-likeness (QED) is 0.905. The normalized spacial score (nSPS) is 19.5. The second-order valence-electron chi connectivity index (χ2n) is 5.62. The molecule has 0 unspecified atom stereocenters. The van der Waals surface area contributed by atoms with Crippen LogP contribution in [0.3, 0.4) is 0 Å². The highest BCUT2D eigenvalue weighted by Crippen LogP contribution is 2.29. The molecule has 4 nitrogen and oxygen atoms in total. The first-order valence-electron chi connectivity index (χ1n) is 6.30. The Balaban J connectivity index is 2.36. The van der Waals surface area contributed by atoms with Gasteiger partial charge in [0.05, 0.1) is 11.3 Å². The Kier molecular flexibility index (Phi) is 3.74. The predicted molar refractivity (Wildman–Crippen MR) is 77.3 cm³/mol. The van der Waals surface area contributed by atoms with Crippen LogP contribution in [0.2, 0.25) is 5.02 Å².